The number of aromatic nitrogens is 2. The number of nitro benzene ring substituents is 1. The molecule has 0 amide bonds. The highest BCUT2D eigenvalue weighted by Crippen LogP contribution is 2.50. The fraction of sp³-hybridized carbons (Fsp3) is 0.348. The van der Waals surface area contributed by atoms with E-state index in [0.29, 0.717) is 29.8 Å². The maximum Gasteiger partial charge on any atom is 0.271 e. The molecule has 164 valence electrons. The van der Waals surface area contributed by atoms with Gasteiger partial charge in [0.1, 0.15) is 5.82 Å². The Morgan fingerprint density at radius 2 is 2.06 bits per heavy atom. The molecule has 0 saturated carbocycles. The lowest BCUT2D eigenvalue weighted by Crippen LogP contribution is -2.42. The van der Waals surface area contributed by atoms with Gasteiger partial charge in [0.2, 0.25) is 0 Å². The fourth-order valence-electron chi connectivity index (χ4n) is 4.66. The largest absolute Gasteiger partial charge is 0.384 e. The fourth-order valence-corrected chi connectivity index (χ4v) is 4.66. The van der Waals surface area contributed by atoms with Crippen molar-refractivity contribution in [1.29, 1.82) is 5.26 Å². The average molecular weight is 432 g/mol. The van der Waals surface area contributed by atoms with E-state index in [0.717, 1.165) is 11.3 Å². The number of nitrogens with two attached hydrogens (primary N) is 1. The third-order valence-corrected chi connectivity index (χ3v) is 6.26. The highest BCUT2D eigenvalue weighted by atomic mass is 16.6. The minimum absolute atomic E-state index is 0.0554. The van der Waals surface area contributed by atoms with E-state index in [1.165, 1.54) is 12.1 Å². The van der Waals surface area contributed by atoms with Crippen LogP contribution in [0.25, 0.3) is 0 Å². The number of rotatable bonds is 3. The molecule has 2 aliphatic rings. The van der Waals surface area contributed by atoms with Crippen LogP contribution in [0.5, 0.6) is 0 Å². The van der Waals surface area contributed by atoms with Crippen molar-refractivity contribution in [3.05, 3.63) is 74.5 Å². The molecule has 2 aromatic rings. The second-order valence-corrected chi connectivity index (χ2v) is 9.07. The van der Waals surface area contributed by atoms with E-state index < -0.39 is 10.8 Å². The molecule has 0 unspecified atom stereocenters. The monoisotopic (exact) mass is 432 g/mol. The normalized spacial score (nSPS) is 20.3. The molecule has 2 N–H and O–H groups in total. The SMILES string of the molecule is Cc1c([C@@H]2C(C#N)=C(N)N(c3cccc([N+](=O)[O-])c3)C3=C2C(=O)CC(C)(C)C3)cnn1C. The third kappa shape index (κ3) is 3.24. The van der Waals surface area contributed by atoms with E-state index in [-0.39, 0.29) is 28.3 Å². The summed E-state index contributed by atoms with van der Waals surface area (Å²) in [5.41, 5.74) is 9.60. The molecule has 1 aromatic carbocycles. The summed E-state index contributed by atoms with van der Waals surface area (Å²) in [5, 5.41) is 25.8. The summed E-state index contributed by atoms with van der Waals surface area (Å²) in [4.78, 5) is 26.0. The van der Waals surface area contributed by atoms with Gasteiger partial charge in [-0.1, -0.05) is 19.9 Å². The van der Waals surface area contributed by atoms with Crippen LogP contribution < -0.4 is 10.6 Å². The van der Waals surface area contributed by atoms with E-state index in [2.05, 4.69) is 11.2 Å². The van der Waals surface area contributed by atoms with Gasteiger partial charge >= 0.3 is 0 Å². The maximum atomic E-state index is 13.5. The first kappa shape index (κ1) is 21.3. The molecule has 0 saturated heterocycles. The number of hydrogen-bond acceptors (Lipinski definition) is 7. The average Bonchev–Trinajstić information content (AvgIpc) is 3.04. The second kappa shape index (κ2) is 7.34. The van der Waals surface area contributed by atoms with Crippen LogP contribution >= 0.6 is 0 Å². The highest BCUT2D eigenvalue weighted by Gasteiger charge is 2.45. The summed E-state index contributed by atoms with van der Waals surface area (Å²) in [6.07, 6.45) is 2.54. The number of ketones is 1. The molecule has 1 aliphatic heterocycles. The van der Waals surface area contributed by atoms with Crippen LogP contribution in [0.3, 0.4) is 0 Å². The van der Waals surface area contributed by atoms with Gasteiger partial charge in [0.05, 0.1) is 34.4 Å². The minimum atomic E-state index is -0.623. The summed E-state index contributed by atoms with van der Waals surface area (Å²) in [6, 6.07) is 8.28. The number of aryl methyl sites for hydroxylation is 1. The van der Waals surface area contributed by atoms with Crippen LogP contribution in [-0.2, 0) is 11.8 Å². The third-order valence-electron chi connectivity index (χ3n) is 6.26. The van der Waals surface area contributed by atoms with E-state index in [1.807, 2.05) is 20.8 Å². The Morgan fingerprint density at radius 1 is 1.34 bits per heavy atom. The van der Waals surface area contributed by atoms with Gasteiger partial charge in [0, 0.05) is 48.1 Å². The Labute approximate surface area is 185 Å². The van der Waals surface area contributed by atoms with Gasteiger partial charge in [-0.05, 0) is 24.8 Å². The van der Waals surface area contributed by atoms with Gasteiger partial charge in [-0.15, -0.1) is 0 Å². The number of nitro groups is 1. The zero-order chi connectivity index (χ0) is 23.4. The Balaban J connectivity index is 2.02. The number of carbonyl (C=O) groups excluding carboxylic acids is 1. The van der Waals surface area contributed by atoms with Crippen molar-refractivity contribution in [2.45, 2.75) is 39.5 Å². The van der Waals surface area contributed by atoms with Gasteiger partial charge in [-0.25, -0.2) is 0 Å². The van der Waals surface area contributed by atoms with Gasteiger partial charge in [0.15, 0.2) is 5.78 Å². The molecule has 0 fully saturated rings. The molecule has 2 heterocycles. The standard InChI is InChI=1S/C23H24N6O3/c1-13-17(12-26-27(13)4)20-16(11-24)22(25)28(14-6-5-7-15(8-14)29(31)32)18-9-23(2,3)10-19(30)21(18)20/h5-8,12,20H,9-10,25H2,1-4H3/t20-/m0/s1. The molecule has 9 nitrogen and oxygen atoms in total. The lowest BCUT2D eigenvalue weighted by molar-refractivity contribution is -0.384. The van der Waals surface area contributed by atoms with Crippen molar-refractivity contribution < 1.29 is 9.72 Å². The zero-order valence-electron chi connectivity index (χ0n) is 18.4. The molecular weight excluding hydrogens is 408 g/mol. The molecule has 32 heavy (non-hydrogen) atoms. The molecule has 1 aromatic heterocycles. The number of carbonyl (C=O) groups is 1. The number of anilines is 1. The quantitative estimate of drug-likeness (QED) is 0.579. The summed E-state index contributed by atoms with van der Waals surface area (Å²) in [6.45, 7) is 5.90. The Kier molecular flexibility index (Phi) is 4.89. The van der Waals surface area contributed by atoms with E-state index in [9.17, 15) is 20.2 Å². The number of benzene rings is 1. The first-order valence-corrected chi connectivity index (χ1v) is 10.2. The molecule has 0 spiro atoms. The van der Waals surface area contributed by atoms with Crippen molar-refractivity contribution in [2.24, 2.45) is 18.2 Å². The molecule has 0 bridgehead atoms. The van der Waals surface area contributed by atoms with Gasteiger partial charge < -0.3 is 5.73 Å². The van der Waals surface area contributed by atoms with Crippen LogP contribution in [0.1, 0.15) is 43.9 Å². The lowest BCUT2D eigenvalue weighted by atomic mass is 9.68. The number of allylic oxidation sites excluding steroid dienone is 3. The predicted molar refractivity (Wildman–Crippen MR) is 118 cm³/mol. The van der Waals surface area contributed by atoms with E-state index >= 15 is 0 Å². The molecule has 1 atom stereocenters. The van der Waals surface area contributed by atoms with Crippen molar-refractivity contribution in [3.8, 4) is 6.07 Å². The van der Waals surface area contributed by atoms with Crippen LogP contribution in [0.15, 0.2) is 53.1 Å². The van der Waals surface area contributed by atoms with Crippen molar-refractivity contribution in [1.82, 2.24) is 9.78 Å². The maximum absolute atomic E-state index is 13.5. The number of nitriles is 1. The summed E-state index contributed by atoms with van der Waals surface area (Å²) < 4.78 is 1.70. The first-order valence-electron chi connectivity index (χ1n) is 10.2. The van der Waals surface area contributed by atoms with Gasteiger partial charge in [-0.2, -0.15) is 10.4 Å². The smallest absolute Gasteiger partial charge is 0.271 e. The molecule has 1 aliphatic carbocycles. The minimum Gasteiger partial charge on any atom is -0.384 e. The van der Waals surface area contributed by atoms with Crippen molar-refractivity contribution in [3.63, 3.8) is 0 Å². The molecule has 9 heteroatoms. The van der Waals surface area contributed by atoms with Crippen molar-refractivity contribution >= 4 is 17.2 Å². The number of non-ortho nitro benzene ring substituents is 1. The highest BCUT2D eigenvalue weighted by molar-refractivity contribution is 6.01. The Hall–Kier alpha value is -3.93. The summed E-state index contributed by atoms with van der Waals surface area (Å²) in [5.74, 6) is -0.507. The van der Waals surface area contributed by atoms with E-state index in [4.69, 9.17) is 5.73 Å². The molecular formula is C23H24N6O3. The zero-order valence-corrected chi connectivity index (χ0v) is 18.4. The Bertz CT molecular complexity index is 1260. The number of hydrogen-bond donors (Lipinski definition) is 1. The first-order chi connectivity index (χ1) is 15.1. The molecule has 0 radical (unpaired) electrons. The van der Waals surface area contributed by atoms with Crippen molar-refractivity contribution in [2.75, 3.05) is 4.90 Å². The summed E-state index contributed by atoms with van der Waals surface area (Å²) >= 11 is 0. The second-order valence-electron chi connectivity index (χ2n) is 9.07. The summed E-state index contributed by atoms with van der Waals surface area (Å²) in [7, 11) is 1.80. The van der Waals surface area contributed by atoms with Crippen LogP contribution in [0, 0.1) is 33.8 Å². The Morgan fingerprint density at radius 3 is 2.66 bits per heavy atom. The predicted octanol–water partition coefficient (Wildman–Crippen LogP) is 3.58. The van der Waals surface area contributed by atoms with Gasteiger partial charge in [-0.3, -0.25) is 24.5 Å². The van der Waals surface area contributed by atoms with E-state index in [1.54, 1.807) is 35.0 Å². The van der Waals surface area contributed by atoms with Crippen LogP contribution in [-0.4, -0.2) is 20.5 Å². The topological polar surface area (TPSA) is 131 Å². The lowest BCUT2D eigenvalue weighted by Gasteiger charge is -2.43. The van der Waals surface area contributed by atoms with Gasteiger partial charge in [0.25, 0.3) is 5.69 Å². The van der Waals surface area contributed by atoms with Crippen LogP contribution in [0.2, 0.25) is 0 Å². The number of nitrogens with zero attached hydrogens (tertiary/aromatic N) is 5. The number of Topliss-reactive ketones (excluding diaryl/α,β-unsaturated/α-hetero) is 1. The molecule has 4 rings (SSSR count). The van der Waals surface area contributed by atoms with Crippen LogP contribution in [0.4, 0.5) is 11.4 Å².